The number of halogens is 2. The summed E-state index contributed by atoms with van der Waals surface area (Å²) in [6.45, 7) is 0. The summed E-state index contributed by atoms with van der Waals surface area (Å²) >= 11 is 0. The van der Waals surface area contributed by atoms with Crippen LogP contribution < -0.4 is 0 Å². The Morgan fingerprint density at radius 2 is 1.27 bits per heavy atom. The van der Waals surface area contributed by atoms with E-state index in [2.05, 4.69) is 0 Å². The Kier molecular flexibility index (Phi) is 4.11. The highest BCUT2D eigenvalue weighted by atomic mass is 32.2. The molecule has 22 heavy (non-hydrogen) atoms. The molecule has 0 saturated heterocycles. The SMILES string of the molecule is Oc1ccc([S+](c2ccccc2)c2ccc(F)cc2)cc1F. The largest absolute Gasteiger partial charge is 0.505 e. The Hall–Kier alpha value is -2.33. The Labute approximate surface area is 130 Å². The van der Waals surface area contributed by atoms with Crippen molar-refractivity contribution in [2.75, 3.05) is 0 Å². The molecule has 0 aliphatic carbocycles. The third kappa shape index (κ3) is 2.97. The number of rotatable bonds is 3. The molecule has 1 unspecified atom stereocenters. The lowest BCUT2D eigenvalue weighted by Gasteiger charge is -2.08. The normalized spacial score (nSPS) is 12.1. The van der Waals surface area contributed by atoms with Gasteiger partial charge in [-0.3, -0.25) is 0 Å². The fraction of sp³-hybridized carbons (Fsp3) is 0. The predicted octanol–water partition coefficient (Wildman–Crippen LogP) is 4.77. The Balaban J connectivity index is 2.14. The van der Waals surface area contributed by atoms with Crippen molar-refractivity contribution < 1.29 is 13.9 Å². The third-order valence-corrected chi connectivity index (χ3v) is 5.40. The molecule has 4 heteroatoms. The average Bonchev–Trinajstić information content (AvgIpc) is 2.54. The zero-order valence-electron chi connectivity index (χ0n) is 11.5. The van der Waals surface area contributed by atoms with E-state index in [1.165, 1.54) is 24.3 Å². The summed E-state index contributed by atoms with van der Waals surface area (Å²) < 4.78 is 26.9. The maximum atomic E-state index is 13.7. The molecule has 1 atom stereocenters. The minimum atomic E-state index is -0.659. The van der Waals surface area contributed by atoms with E-state index >= 15 is 0 Å². The number of phenols is 1. The summed E-state index contributed by atoms with van der Waals surface area (Å²) in [7, 11) is -0.559. The van der Waals surface area contributed by atoms with Gasteiger partial charge in [0.1, 0.15) is 5.82 Å². The van der Waals surface area contributed by atoms with Crippen molar-refractivity contribution in [3.63, 3.8) is 0 Å². The minimum Gasteiger partial charge on any atom is -0.505 e. The first-order valence-electron chi connectivity index (χ1n) is 6.68. The van der Waals surface area contributed by atoms with E-state index in [0.717, 1.165) is 14.7 Å². The van der Waals surface area contributed by atoms with Crippen LogP contribution >= 0.6 is 0 Å². The van der Waals surface area contributed by atoms with Crippen LogP contribution in [0.25, 0.3) is 0 Å². The van der Waals surface area contributed by atoms with E-state index in [0.29, 0.717) is 0 Å². The van der Waals surface area contributed by atoms with Crippen LogP contribution in [0, 0.1) is 11.6 Å². The maximum Gasteiger partial charge on any atom is 0.169 e. The zero-order chi connectivity index (χ0) is 15.5. The molecule has 0 aliphatic heterocycles. The number of hydrogen-bond acceptors (Lipinski definition) is 1. The average molecular weight is 315 g/mol. The van der Waals surface area contributed by atoms with E-state index in [-0.39, 0.29) is 11.6 Å². The molecule has 1 nitrogen and oxygen atoms in total. The number of aromatic hydroxyl groups is 1. The third-order valence-electron chi connectivity index (χ3n) is 3.18. The summed E-state index contributed by atoms with van der Waals surface area (Å²) in [4.78, 5) is 2.62. The molecule has 0 saturated carbocycles. The van der Waals surface area contributed by atoms with Crippen molar-refractivity contribution in [2.45, 2.75) is 14.7 Å². The second kappa shape index (κ2) is 6.20. The standard InChI is InChI=1S/C18H12F2OS/c19-13-6-8-15(9-7-13)22(14-4-2-1-3-5-14)16-10-11-18(21)17(20)12-16/h1-12H/p+1. The van der Waals surface area contributed by atoms with Gasteiger partial charge in [0, 0.05) is 6.07 Å². The van der Waals surface area contributed by atoms with Crippen LogP contribution in [-0.4, -0.2) is 5.11 Å². The highest BCUT2D eigenvalue weighted by Crippen LogP contribution is 2.32. The molecule has 0 fully saturated rings. The topological polar surface area (TPSA) is 20.2 Å². The summed E-state index contributed by atoms with van der Waals surface area (Å²) in [6.07, 6.45) is 0. The van der Waals surface area contributed by atoms with Crippen LogP contribution in [0.4, 0.5) is 8.78 Å². The molecule has 0 aromatic heterocycles. The predicted molar refractivity (Wildman–Crippen MR) is 83.1 cm³/mol. The lowest BCUT2D eigenvalue weighted by Crippen LogP contribution is -2.05. The molecule has 1 N–H and O–H groups in total. The van der Waals surface area contributed by atoms with E-state index in [4.69, 9.17) is 0 Å². The van der Waals surface area contributed by atoms with Crippen LogP contribution in [0.2, 0.25) is 0 Å². The fourth-order valence-corrected chi connectivity index (χ4v) is 4.23. The molecule has 110 valence electrons. The molecule has 0 aliphatic rings. The fourth-order valence-electron chi connectivity index (χ4n) is 2.15. The van der Waals surface area contributed by atoms with Crippen molar-refractivity contribution in [3.8, 4) is 5.75 Å². The Morgan fingerprint density at radius 3 is 1.91 bits per heavy atom. The molecule has 0 bridgehead atoms. The Bertz CT molecular complexity index is 773. The van der Waals surface area contributed by atoms with Crippen LogP contribution in [0.3, 0.4) is 0 Å². The quantitative estimate of drug-likeness (QED) is 0.691. The van der Waals surface area contributed by atoms with Gasteiger partial charge in [-0.15, -0.1) is 0 Å². The van der Waals surface area contributed by atoms with Crippen molar-refractivity contribution in [1.82, 2.24) is 0 Å². The van der Waals surface area contributed by atoms with Gasteiger partial charge in [-0.05, 0) is 48.5 Å². The van der Waals surface area contributed by atoms with Gasteiger partial charge >= 0.3 is 0 Å². The van der Waals surface area contributed by atoms with Gasteiger partial charge in [0.25, 0.3) is 0 Å². The first-order valence-corrected chi connectivity index (χ1v) is 7.91. The second-order valence-electron chi connectivity index (χ2n) is 4.69. The first kappa shape index (κ1) is 14.6. The van der Waals surface area contributed by atoms with Crippen molar-refractivity contribution in [2.24, 2.45) is 0 Å². The van der Waals surface area contributed by atoms with Crippen LogP contribution in [0.5, 0.6) is 5.75 Å². The first-order chi connectivity index (χ1) is 10.6. The van der Waals surface area contributed by atoms with Gasteiger partial charge < -0.3 is 5.11 Å². The highest BCUT2D eigenvalue weighted by Gasteiger charge is 2.29. The Morgan fingerprint density at radius 1 is 0.682 bits per heavy atom. The molecule has 0 amide bonds. The van der Waals surface area contributed by atoms with Gasteiger partial charge in [0.05, 0.1) is 10.9 Å². The lowest BCUT2D eigenvalue weighted by atomic mass is 10.3. The lowest BCUT2D eigenvalue weighted by molar-refractivity contribution is 0.431. The number of hydrogen-bond donors (Lipinski definition) is 1. The van der Waals surface area contributed by atoms with Crippen LogP contribution in [0.1, 0.15) is 0 Å². The number of benzene rings is 3. The van der Waals surface area contributed by atoms with E-state index < -0.39 is 16.7 Å². The number of phenolic OH excluding ortho intramolecular Hbond substituents is 1. The summed E-state index contributed by atoms with van der Waals surface area (Å²) in [5.41, 5.74) is 0. The molecular formula is C18H13F2OS+. The monoisotopic (exact) mass is 315 g/mol. The minimum absolute atomic E-state index is 0.308. The second-order valence-corrected chi connectivity index (χ2v) is 6.71. The van der Waals surface area contributed by atoms with E-state index in [1.807, 2.05) is 30.3 Å². The molecule has 0 heterocycles. The highest BCUT2D eigenvalue weighted by molar-refractivity contribution is 7.97. The van der Waals surface area contributed by atoms with Crippen molar-refractivity contribution in [3.05, 3.63) is 84.4 Å². The van der Waals surface area contributed by atoms with E-state index in [1.54, 1.807) is 18.2 Å². The smallest absolute Gasteiger partial charge is 0.169 e. The molecule has 3 rings (SSSR count). The van der Waals surface area contributed by atoms with Crippen molar-refractivity contribution >= 4 is 10.9 Å². The van der Waals surface area contributed by atoms with Gasteiger partial charge in [-0.2, -0.15) is 0 Å². The van der Waals surface area contributed by atoms with Crippen LogP contribution in [0.15, 0.2) is 87.5 Å². The van der Waals surface area contributed by atoms with Gasteiger partial charge in [-0.1, -0.05) is 18.2 Å². The van der Waals surface area contributed by atoms with Gasteiger partial charge in [-0.25, -0.2) is 8.78 Å². The molecule has 0 radical (unpaired) electrons. The van der Waals surface area contributed by atoms with E-state index in [9.17, 15) is 13.9 Å². The summed E-state index contributed by atoms with van der Waals surface area (Å²) in [6, 6.07) is 20.2. The van der Waals surface area contributed by atoms with Gasteiger partial charge in [0.2, 0.25) is 0 Å². The maximum absolute atomic E-state index is 13.7. The molecule has 0 spiro atoms. The van der Waals surface area contributed by atoms with Crippen LogP contribution in [-0.2, 0) is 10.9 Å². The zero-order valence-corrected chi connectivity index (χ0v) is 12.4. The molecule has 3 aromatic carbocycles. The summed E-state index contributed by atoms with van der Waals surface area (Å²) in [5.74, 6) is -1.34. The molecule has 3 aromatic rings. The molecular weight excluding hydrogens is 302 g/mol. The van der Waals surface area contributed by atoms with Crippen molar-refractivity contribution in [1.29, 1.82) is 0 Å². The summed E-state index contributed by atoms with van der Waals surface area (Å²) in [5, 5.41) is 9.38. The van der Waals surface area contributed by atoms with Gasteiger partial charge in [0.15, 0.2) is 26.3 Å².